The van der Waals surface area contributed by atoms with Gasteiger partial charge in [0.1, 0.15) is 11.3 Å². The number of benzene rings is 1. The van der Waals surface area contributed by atoms with Crippen LogP contribution in [0.4, 0.5) is 11.4 Å². The van der Waals surface area contributed by atoms with Gasteiger partial charge < -0.3 is 9.72 Å². The van der Waals surface area contributed by atoms with Crippen molar-refractivity contribution in [2.24, 2.45) is 0 Å². The number of nitro benzene ring substituents is 1. The Morgan fingerprint density at radius 3 is 2.95 bits per heavy atom. The largest absolute Gasteiger partial charge is 0.374 e. The third-order valence-electron chi connectivity index (χ3n) is 3.03. The number of halogens is 1. The number of pyridine rings is 1. The zero-order chi connectivity index (χ0) is 14.8. The van der Waals surface area contributed by atoms with Crippen LogP contribution in [0.15, 0.2) is 48.8 Å². The van der Waals surface area contributed by atoms with E-state index < -0.39 is 0 Å². The Hall–Kier alpha value is -2.16. The molecule has 1 N–H and O–H groups in total. The Morgan fingerprint density at radius 1 is 1.33 bits per heavy atom. The Labute approximate surface area is 134 Å². The van der Waals surface area contributed by atoms with E-state index in [-0.39, 0.29) is 10.6 Å². The maximum Gasteiger partial charge on any atom is 0.293 e. The van der Waals surface area contributed by atoms with Crippen LogP contribution in [0.1, 0.15) is 5.69 Å². The van der Waals surface area contributed by atoms with Crippen LogP contribution in [0, 0.1) is 13.7 Å². The lowest BCUT2D eigenvalue weighted by molar-refractivity contribution is -0.384. The Balaban J connectivity index is 1.83. The van der Waals surface area contributed by atoms with Crippen molar-refractivity contribution in [3.8, 4) is 0 Å². The van der Waals surface area contributed by atoms with Gasteiger partial charge in [-0.15, -0.1) is 0 Å². The molecular weight excluding hydrogens is 383 g/mol. The number of nitro groups is 1. The van der Waals surface area contributed by atoms with E-state index in [1.54, 1.807) is 12.1 Å². The second-order valence-electron chi connectivity index (χ2n) is 4.47. The maximum absolute atomic E-state index is 11.1. The highest BCUT2D eigenvalue weighted by Crippen LogP contribution is 2.26. The molecule has 0 bridgehead atoms. The number of aromatic nitrogens is 2. The molecule has 0 spiro atoms. The summed E-state index contributed by atoms with van der Waals surface area (Å²) >= 11 is 2.06. The van der Waals surface area contributed by atoms with Gasteiger partial charge in [0.2, 0.25) is 0 Å². The highest BCUT2D eigenvalue weighted by atomic mass is 127. The number of nitrogens with one attached hydrogen (secondary N) is 1. The number of imidazole rings is 1. The molecule has 0 unspecified atom stereocenters. The van der Waals surface area contributed by atoms with Gasteiger partial charge in [-0.05, 0) is 46.9 Å². The van der Waals surface area contributed by atoms with Crippen molar-refractivity contribution in [3.05, 3.63) is 68.2 Å². The summed E-state index contributed by atoms with van der Waals surface area (Å²) in [6.07, 6.45) is 3.82. The number of nitrogens with zero attached hydrogens (tertiary/aromatic N) is 3. The van der Waals surface area contributed by atoms with Crippen molar-refractivity contribution in [2.75, 3.05) is 5.32 Å². The fourth-order valence-corrected chi connectivity index (χ4v) is 2.54. The first-order valence-electron chi connectivity index (χ1n) is 6.24. The number of hydrogen-bond acceptors (Lipinski definition) is 4. The topological polar surface area (TPSA) is 72.5 Å². The molecule has 0 aliphatic carbocycles. The first kappa shape index (κ1) is 13.8. The lowest BCUT2D eigenvalue weighted by atomic mass is 10.2. The molecule has 7 heteroatoms. The van der Waals surface area contributed by atoms with Crippen LogP contribution in [0.5, 0.6) is 0 Å². The van der Waals surface area contributed by atoms with E-state index in [1.807, 2.05) is 41.1 Å². The zero-order valence-electron chi connectivity index (χ0n) is 10.9. The van der Waals surface area contributed by atoms with E-state index in [2.05, 4.69) is 32.9 Å². The third-order valence-corrected chi connectivity index (χ3v) is 3.70. The van der Waals surface area contributed by atoms with Crippen LogP contribution in [0.25, 0.3) is 5.65 Å². The van der Waals surface area contributed by atoms with Gasteiger partial charge in [-0.3, -0.25) is 10.1 Å². The molecule has 21 heavy (non-hydrogen) atoms. The van der Waals surface area contributed by atoms with E-state index in [9.17, 15) is 10.1 Å². The van der Waals surface area contributed by atoms with Gasteiger partial charge in [0.25, 0.3) is 5.69 Å². The molecule has 106 valence electrons. The molecule has 1 aromatic carbocycles. The molecule has 0 fully saturated rings. The average molecular weight is 394 g/mol. The van der Waals surface area contributed by atoms with Crippen LogP contribution >= 0.6 is 22.6 Å². The summed E-state index contributed by atoms with van der Waals surface area (Å²) in [7, 11) is 0. The minimum Gasteiger partial charge on any atom is -0.374 e. The van der Waals surface area contributed by atoms with Crippen LogP contribution in [0.2, 0.25) is 0 Å². The molecular formula is C14H11IN4O2. The van der Waals surface area contributed by atoms with E-state index >= 15 is 0 Å². The van der Waals surface area contributed by atoms with Crippen molar-refractivity contribution in [1.29, 1.82) is 0 Å². The second-order valence-corrected chi connectivity index (χ2v) is 5.72. The van der Waals surface area contributed by atoms with Crippen LogP contribution < -0.4 is 5.32 Å². The summed E-state index contributed by atoms with van der Waals surface area (Å²) in [5.74, 6) is 0. The predicted octanol–water partition coefficient (Wildman–Crippen LogP) is 3.46. The fourth-order valence-electron chi connectivity index (χ4n) is 2.06. The van der Waals surface area contributed by atoms with Crippen LogP contribution in [-0.2, 0) is 6.54 Å². The normalized spacial score (nSPS) is 10.7. The Morgan fingerprint density at radius 2 is 2.19 bits per heavy atom. The molecule has 0 atom stereocenters. The van der Waals surface area contributed by atoms with E-state index in [4.69, 9.17) is 0 Å². The summed E-state index contributed by atoms with van der Waals surface area (Å²) in [4.78, 5) is 15.1. The van der Waals surface area contributed by atoms with Crippen molar-refractivity contribution < 1.29 is 4.92 Å². The molecule has 3 aromatic rings. The predicted molar refractivity (Wildman–Crippen MR) is 88.3 cm³/mol. The molecule has 0 saturated carbocycles. The van der Waals surface area contributed by atoms with Gasteiger partial charge in [-0.2, -0.15) is 0 Å². The molecule has 6 nitrogen and oxygen atoms in total. The number of fused-ring (bicyclic) bond motifs is 1. The lowest BCUT2D eigenvalue weighted by Gasteiger charge is -2.05. The van der Waals surface area contributed by atoms with Gasteiger partial charge in [-0.25, -0.2) is 4.98 Å². The first-order valence-corrected chi connectivity index (χ1v) is 7.32. The second kappa shape index (κ2) is 5.68. The summed E-state index contributed by atoms with van der Waals surface area (Å²) < 4.78 is 2.75. The fraction of sp³-hybridized carbons (Fsp3) is 0.0714. The zero-order valence-corrected chi connectivity index (χ0v) is 13.0. The number of hydrogen-bond donors (Lipinski definition) is 1. The molecule has 0 aliphatic rings. The van der Waals surface area contributed by atoms with Gasteiger partial charge in [0.05, 0.1) is 17.2 Å². The van der Waals surface area contributed by atoms with Gasteiger partial charge >= 0.3 is 0 Å². The summed E-state index contributed by atoms with van der Waals surface area (Å²) in [5.41, 5.74) is 2.25. The van der Waals surface area contributed by atoms with Gasteiger partial charge in [0, 0.05) is 22.0 Å². The van der Waals surface area contributed by atoms with Crippen molar-refractivity contribution >= 4 is 39.6 Å². The monoisotopic (exact) mass is 394 g/mol. The highest BCUT2D eigenvalue weighted by molar-refractivity contribution is 14.1. The van der Waals surface area contributed by atoms with Crippen molar-refractivity contribution in [2.45, 2.75) is 6.54 Å². The third kappa shape index (κ3) is 2.97. The van der Waals surface area contributed by atoms with E-state index in [0.29, 0.717) is 12.2 Å². The minimum absolute atomic E-state index is 0.0747. The molecule has 0 saturated heterocycles. The van der Waals surface area contributed by atoms with Gasteiger partial charge in [-0.1, -0.05) is 6.07 Å². The smallest absolute Gasteiger partial charge is 0.293 e. The van der Waals surface area contributed by atoms with Crippen LogP contribution in [-0.4, -0.2) is 14.3 Å². The standard InChI is InChI=1S/C14H11IN4O2/c15-10-4-5-12(13(7-10)19(20)21)16-8-11-9-18-6-2-1-3-14(18)17-11/h1-7,9,16H,8H2. The molecule has 2 heterocycles. The van der Waals surface area contributed by atoms with Gasteiger partial charge in [0.15, 0.2) is 0 Å². The highest BCUT2D eigenvalue weighted by Gasteiger charge is 2.14. The Bertz CT molecular complexity index is 783. The minimum atomic E-state index is -0.381. The van der Waals surface area contributed by atoms with Crippen molar-refractivity contribution in [3.63, 3.8) is 0 Å². The van der Waals surface area contributed by atoms with E-state index in [1.165, 1.54) is 0 Å². The Kier molecular flexibility index (Phi) is 3.74. The molecule has 0 radical (unpaired) electrons. The molecule has 3 rings (SSSR count). The molecule has 0 amide bonds. The summed E-state index contributed by atoms with van der Waals surface area (Å²) in [6, 6.07) is 10.9. The number of anilines is 1. The molecule has 2 aromatic heterocycles. The van der Waals surface area contributed by atoms with E-state index in [0.717, 1.165) is 14.9 Å². The quantitative estimate of drug-likeness (QED) is 0.418. The summed E-state index contributed by atoms with van der Waals surface area (Å²) in [6.45, 7) is 0.434. The lowest BCUT2D eigenvalue weighted by Crippen LogP contribution is -2.03. The first-order chi connectivity index (χ1) is 10.1. The molecule has 0 aliphatic heterocycles. The maximum atomic E-state index is 11.1. The average Bonchev–Trinajstić information content (AvgIpc) is 2.88. The van der Waals surface area contributed by atoms with Crippen molar-refractivity contribution in [1.82, 2.24) is 9.38 Å². The van der Waals surface area contributed by atoms with Crippen LogP contribution in [0.3, 0.4) is 0 Å². The summed E-state index contributed by atoms with van der Waals surface area (Å²) in [5, 5.41) is 14.1. The number of rotatable bonds is 4. The SMILES string of the molecule is O=[N+]([O-])c1cc(I)ccc1NCc1cn2ccccc2n1.